The van der Waals surface area contributed by atoms with Crippen molar-refractivity contribution in [1.29, 1.82) is 0 Å². The van der Waals surface area contributed by atoms with Crippen LogP contribution >= 0.6 is 0 Å². The van der Waals surface area contributed by atoms with Gasteiger partial charge in [-0.25, -0.2) is 4.90 Å². The van der Waals surface area contributed by atoms with Crippen molar-refractivity contribution in [1.82, 2.24) is 0 Å². The number of nitrogens with zero attached hydrogens (tertiary/aromatic N) is 1. The number of hydrogen-bond acceptors (Lipinski definition) is 9. The molecule has 0 saturated carbocycles. The van der Waals surface area contributed by atoms with Gasteiger partial charge in [-0.15, -0.1) is 0 Å². The van der Waals surface area contributed by atoms with Crippen LogP contribution in [0.4, 0.5) is 17.1 Å². The highest BCUT2D eigenvalue weighted by Crippen LogP contribution is 2.42. The molecule has 10 nitrogen and oxygen atoms in total. The number of anilines is 3. The highest BCUT2D eigenvalue weighted by molar-refractivity contribution is 6.37. The molecule has 1 heterocycles. The number of fused-ring (bicyclic) bond motifs is 1. The Morgan fingerprint density at radius 3 is 1.08 bits per heavy atom. The van der Waals surface area contributed by atoms with Gasteiger partial charge in [0.15, 0.2) is 11.5 Å². The topological polar surface area (TPSA) is 136 Å². The van der Waals surface area contributed by atoms with E-state index >= 15 is 0 Å². The molecule has 2 atom stereocenters. The first-order chi connectivity index (χ1) is 42.0. The van der Waals surface area contributed by atoms with Gasteiger partial charge in [0.1, 0.15) is 11.5 Å². The van der Waals surface area contributed by atoms with E-state index in [1.807, 2.05) is 24.3 Å². The molecule has 0 bridgehead atoms. The number of unbranched alkanes of at least 4 members (excludes halogenated alkanes) is 27. The van der Waals surface area contributed by atoms with Crippen LogP contribution in [-0.2, 0) is 0 Å². The van der Waals surface area contributed by atoms with Crippen LogP contribution in [0.1, 0.15) is 297 Å². The number of nitrogen functional groups attached to an aromatic ring is 2. The van der Waals surface area contributed by atoms with Crippen LogP contribution in [0.5, 0.6) is 28.7 Å². The number of benzene rings is 4. The summed E-state index contributed by atoms with van der Waals surface area (Å²) >= 11 is 0. The third-order valence-electron chi connectivity index (χ3n) is 17.0. The van der Waals surface area contributed by atoms with Crippen molar-refractivity contribution in [3.05, 3.63) is 94.0 Å². The summed E-state index contributed by atoms with van der Waals surface area (Å²) in [5.74, 6) is 3.42. The largest absolute Gasteiger partial charge is 0.493 e. The lowest BCUT2D eigenvalue weighted by atomic mass is 10.0. The Morgan fingerprint density at radius 2 is 0.721 bits per heavy atom. The molecule has 10 heteroatoms. The van der Waals surface area contributed by atoms with Crippen LogP contribution in [0.3, 0.4) is 0 Å². The van der Waals surface area contributed by atoms with Crippen molar-refractivity contribution in [3.63, 3.8) is 0 Å². The molecule has 4 aromatic carbocycles. The first-order valence-electron chi connectivity index (χ1n) is 34.6. The molecular formula is C76H115N3O7. The minimum Gasteiger partial charge on any atom is -0.493 e. The average molecular weight is 1180 g/mol. The summed E-state index contributed by atoms with van der Waals surface area (Å²) in [5.41, 5.74) is 17.1. The van der Waals surface area contributed by atoms with E-state index in [1.165, 1.54) is 154 Å². The Kier molecular flexibility index (Phi) is 34.7. The van der Waals surface area contributed by atoms with Crippen LogP contribution in [-0.4, -0.2) is 44.8 Å². The molecule has 0 aromatic heterocycles. The lowest BCUT2D eigenvalue weighted by molar-refractivity contribution is 0.0926. The fourth-order valence-corrected chi connectivity index (χ4v) is 10.9. The van der Waals surface area contributed by atoms with Crippen molar-refractivity contribution in [2.75, 3.05) is 49.4 Å². The summed E-state index contributed by atoms with van der Waals surface area (Å²) in [5, 5.41) is 0. The molecule has 476 valence electrons. The maximum atomic E-state index is 13.5. The van der Waals surface area contributed by atoms with E-state index in [1.54, 1.807) is 24.3 Å². The van der Waals surface area contributed by atoms with E-state index in [2.05, 4.69) is 84.9 Å². The van der Waals surface area contributed by atoms with Crippen molar-refractivity contribution < 1.29 is 33.3 Å². The Bertz CT molecular complexity index is 2520. The molecule has 0 spiro atoms. The predicted molar refractivity (Wildman–Crippen MR) is 366 cm³/mol. The summed E-state index contributed by atoms with van der Waals surface area (Å²) in [7, 11) is 0. The second-order valence-electron chi connectivity index (χ2n) is 24.7. The molecule has 4 N–H and O–H groups in total. The fourth-order valence-electron chi connectivity index (χ4n) is 10.9. The Labute approximate surface area is 522 Å². The van der Waals surface area contributed by atoms with Crippen LogP contribution in [0.15, 0.2) is 60.7 Å². The monoisotopic (exact) mass is 1180 g/mol. The van der Waals surface area contributed by atoms with Gasteiger partial charge in [0, 0.05) is 22.5 Å². The number of carbonyl (C=O) groups excluding carboxylic acids is 2. The van der Waals surface area contributed by atoms with Crippen LogP contribution < -0.4 is 40.1 Å². The number of ether oxygens (including phenoxy) is 5. The zero-order valence-electron chi connectivity index (χ0n) is 54.9. The number of imide groups is 1. The zero-order chi connectivity index (χ0) is 61.6. The maximum absolute atomic E-state index is 13.5. The molecule has 1 aliphatic rings. The molecule has 2 amide bonds. The summed E-state index contributed by atoms with van der Waals surface area (Å²) < 4.78 is 33.8. The molecule has 0 saturated heterocycles. The normalized spacial score (nSPS) is 13.1. The first kappa shape index (κ1) is 70.9. The van der Waals surface area contributed by atoms with E-state index in [0.717, 1.165) is 107 Å². The van der Waals surface area contributed by atoms with E-state index < -0.39 is 11.8 Å². The number of carbonyl (C=O) groups is 2. The third-order valence-corrected chi connectivity index (χ3v) is 17.0. The highest BCUT2D eigenvalue weighted by atomic mass is 16.5. The van der Waals surface area contributed by atoms with Gasteiger partial charge in [-0.2, -0.15) is 0 Å². The molecule has 0 unspecified atom stereocenters. The molecule has 0 radical (unpaired) electrons. The van der Waals surface area contributed by atoms with Crippen LogP contribution in [0.25, 0.3) is 24.3 Å². The number of amides is 2. The van der Waals surface area contributed by atoms with E-state index in [-0.39, 0.29) is 22.5 Å². The van der Waals surface area contributed by atoms with Crippen molar-refractivity contribution >= 4 is 53.2 Å². The molecular weight excluding hydrogens is 1070 g/mol. The van der Waals surface area contributed by atoms with Gasteiger partial charge in [0.2, 0.25) is 5.75 Å². The van der Waals surface area contributed by atoms with Gasteiger partial charge in [0.05, 0.1) is 49.8 Å². The minimum absolute atomic E-state index is 0.147. The third kappa shape index (κ3) is 25.1. The van der Waals surface area contributed by atoms with Crippen molar-refractivity contribution in [2.24, 2.45) is 11.8 Å². The van der Waals surface area contributed by atoms with Gasteiger partial charge in [-0.3, -0.25) is 9.59 Å². The van der Waals surface area contributed by atoms with E-state index in [4.69, 9.17) is 35.2 Å². The fraction of sp³-hybridized carbons (Fsp3) is 0.605. The van der Waals surface area contributed by atoms with E-state index in [9.17, 15) is 9.59 Å². The van der Waals surface area contributed by atoms with Crippen molar-refractivity contribution in [2.45, 2.75) is 254 Å². The number of nitrogens with two attached hydrogens (primary N) is 2. The van der Waals surface area contributed by atoms with Gasteiger partial charge >= 0.3 is 0 Å². The molecule has 86 heavy (non-hydrogen) atoms. The Balaban J connectivity index is 1.44. The quantitative estimate of drug-likeness (QED) is 0.0192. The second kappa shape index (κ2) is 42.1. The molecule has 0 fully saturated rings. The predicted octanol–water partition coefficient (Wildman–Crippen LogP) is 21.7. The lowest BCUT2D eigenvalue weighted by Crippen LogP contribution is -2.29. The summed E-state index contributed by atoms with van der Waals surface area (Å²) in [4.78, 5) is 28.2. The second-order valence-corrected chi connectivity index (χ2v) is 24.7. The SMILES string of the molecule is CCCCCCCCCCCCOc1cc(/C=C/c2cc(OC[C@@H](C)CC)c(/C=C/c3ccc(N4C(=O)c5c(N)ccc(N)c5C4=O)cc3)cc2OC[C@@H](C)CC)cc(OCCCCCCCCCCCC)c1OCCCCCCCCCCCC. The van der Waals surface area contributed by atoms with Gasteiger partial charge < -0.3 is 35.2 Å². The number of hydrogen-bond donors (Lipinski definition) is 2. The molecule has 0 aliphatic carbocycles. The Hall–Kier alpha value is -5.90. The van der Waals surface area contributed by atoms with Crippen LogP contribution in [0, 0.1) is 11.8 Å². The van der Waals surface area contributed by atoms with Crippen LogP contribution in [0.2, 0.25) is 0 Å². The average Bonchev–Trinajstić information content (AvgIpc) is 1.67. The van der Waals surface area contributed by atoms with Gasteiger partial charge in [-0.05, 0) is 90.8 Å². The van der Waals surface area contributed by atoms with Gasteiger partial charge in [0.25, 0.3) is 11.8 Å². The summed E-state index contributed by atoms with van der Waals surface area (Å²) in [6.45, 7) is 18.6. The number of rotatable bonds is 49. The highest BCUT2D eigenvalue weighted by Gasteiger charge is 2.40. The molecule has 5 rings (SSSR count). The zero-order valence-corrected chi connectivity index (χ0v) is 54.9. The minimum atomic E-state index is -0.484. The maximum Gasteiger partial charge on any atom is 0.268 e. The standard InChI is InChI=1S/C76H115N3O7/c1-8-13-16-19-22-25-28-31-34-37-50-82-70-53-62(54-71(83-51-38-35-32-29-26-23-20-17-14-9-2)74(70)84-52-39-36-33-30-27-24-21-18-15-10-3)41-45-64-56-68(85-57-59(6)11-4)63(55-69(64)86-58-60(7)12-5)44-40-61-42-46-65(47-43-61)79-75(80)72-66(77)48-49-67(78)73(72)76(79)81/h40-49,53-56,59-60H,8-39,50-52,57-58,77-78H2,1-7H3/b44-40+,45-41+/t59-,60-/m0/s1. The smallest absolute Gasteiger partial charge is 0.268 e. The molecule has 1 aliphatic heterocycles. The van der Waals surface area contributed by atoms with E-state index in [0.29, 0.717) is 50.6 Å². The van der Waals surface area contributed by atoms with Gasteiger partial charge in [-0.1, -0.05) is 271 Å². The summed E-state index contributed by atoms with van der Waals surface area (Å²) in [6, 6.07) is 18.9. The first-order valence-corrected chi connectivity index (χ1v) is 34.6. The lowest BCUT2D eigenvalue weighted by Gasteiger charge is -2.19. The Morgan fingerprint density at radius 1 is 0.384 bits per heavy atom. The molecule has 4 aromatic rings. The van der Waals surface area contributed by atoms with Crippen molar-refractivity contribution in [3.8, 4) is 28.7 Å². The summed E-state index contributed by atoms with van der Waals surface area (Å²) in [6.07, 6.45) is 48.3.